The average molecular weight is 256 g/mol. The normalized spacial score (nSPS) is 11.9. The van der Waals surface area contributed by atoms with E-state index in [1.807, 2.05) is 0 Å². The summed E-state index contributed by atoms with van der Waals surface area (Å²) in [4.78, 5) is 15.6. The van der Waals surface area contributed by atoms with Gasteiger partial charge in [-0.05, 0) is 18.6 Å². The van der Waals surface area contributed by atoms with Gasteiger partial charge in [0, 0.05) is 41.1 Å². The van der Waals surface area contributed by atoms with Crippen LogP contribution in [0.3, 0.4) is 0 Å². The van der Waals surface area contributed by atoms with Crippen LogP contribution < -0.4 is 16.6 Å². The Morgan fingerprint density at radius 1 is 1.59 bits per heavy atom. The molecular formula is C10H16N4O2S. The Hall–Kier alpha value is -1.47. The Morgan fingerprint density at radius 2 is 2.35 bits per heavy atom. The number of nitrogens with zero attached hydrogens (tertiary/aromatic N) is 1. The van der Waals surface area contributed by atoms with Crippen LogP contribution in [0.15, 0.2) is 18.3 Å². The predicted molar refractivity (Wildman–Crippen MR) is 67.9 cm³/mol. The highest BCUT2D eigenvalue weighted by molar-refractivity contribution is 7.84. The smallest absolute Gasteiger partial charge is 0.251 e. The van der Waals surface area contributed by atoms with Crippen molar-refractivity contribution in [1.82, 2.24) is 10.3 Å². The van der Waals surface area contributed by atoms with Gasteiger partial charge in [-0.1, -0.05) is 0 Å². The van der Waals surface area contributed by atoms with Crippen LogP contribution >= 0.6 is 0 Å². The van der Waals surface area contributed by atoms with Gasteiger partial charge >= 0.3 is 0 Å². The molecule has 0 radical (unpaired) electrons. The van der Waals surface area contributed by atoms with Crippen molar-refractivity contribution in [1.29, 1.82) is 0 Å². The van der Waals surface area contributed by atoms with E-state index in [0.717, 1.165) is 0 Å². The van der Waals surface area contributed by atoms with Crippen molar-refractivity contribution in [2.24, 2.45) is 5.84 Å². The van der Waals surface area contributed by atoms with Gasteiger partial charge in [-0.25, -0.2) is 10.8 Å². The monoisotopic (exact) mass is 256 g/mol. The number of carbonyl (C=O) groups excluding carboxylic acids is 1. The molecule has 1 unspecified atom stereocenters. The van der Waals surface area contributed by atoms with Gasteiger partial charge in [0.05, 0.1) is 0 Å². The Balaban J connectivity index is 2.43. The van der Waals surface area contributed by atoms with Crippen molar-refractivity contribution in [2.45, 2.75) is 6.42 Å². The highest BCUT2D eigenvalue weighted by Gasteiger charge is 2.05. The molecule has 1 atom stereocenters. The molecule has 0 saturated heterocycles. The maximum absolute atomic E-state index is 11.7. The first-order valence-corrected chi connectivity index (χ1v) is 6.87. The summed E-state index contributed by atoms with van der Waals surface area (Å²) in [5.41, 5.74) is 2.86. The minimum atomic E-state index is -0.818. The lowest BCUT2D eigenvalue weighted by molar-refractivity contribution is 0.0953. The van der Waals surface area contributed by atoms with Gasteiger partial charge in [0.25, 0.3) is 5.91 Å². The van der Waals surface area contributed by atoms with E-state index in [1.54, 1.807) is 18.4 Å². The molecular weight excluding hydrogens is 240 g/mol. The molecule has 1 aromatic heterocycles. The summed E-state index contributed by atoms with van der Waals surface area (Å²) >= 11 is 0. The number of pyridine rings is 1. The minimum absolute atomic E-state index is 0.189. The van der Waals surface area contributed by atoms with Gasteiger partial charge in [0.2, 0.25) is 0 Å². The number of nitrogens with two attached hydrogens (primary N) is 1. The quantitative estimate of drug-likeness (QED) is 0.374. The molecule has 1 aromatic rings. The number of amides is 1. The molecule has 1 heterocycles. The largest absolute Gasteiger partial charge is 0.352 e. The standard InChI is InChI=1S/C10H16N4O2S/c1-17(16)6-2-4-13-10(15)8-3-5-12-9(7-8)14-11/h3,5,7H,2,4,6,11H2,1H3,(H,12,14)(H,13,15). The molecule has 7 heteroatoms. The highest BCUT2D eigenvalue weighted by atomic mass is 32.2. The first-order valence-electron chi connectivity index (χ1n) is 5.14. The third kappa shape index (κ3) is 4.92. The number of nitrogens with one attached hydrogen (secondary N) is 2. The van der Waals surface area contributed by atoms with E-state index in [0.29, 0.717) is 30.1 Å². The van der Waals surface area contributed by atoms with Gasteiger partial charge in [-0.3, -0.25) is 9.00 Å². The second-order valence-electron chi connectivity index (χ2n) is 3.46. The van der Waals surface area contributed by atoms with E-state index in [1.165, 1.54) is 6.20 Å². The van der Waals surface area contributed by atoms with E-state index >= 15 is 0 Å². The highest BCUT2D eigenvalue weighted by Crippen LogP contribution is 2.04. The molecule has 0 aromatic carbocycles. The third-order valence-corrected chi connectivity index (χ3v) is 2.93. The first-order chi connectivity index (χ1) is 8.13. The van der Waals surface area contributed by atoms with E-state index in [4.69, 9.17) is 5.84 Å². The number of nitrogen functional groups attached to an aromatic ring is 1. The summed E-state index contributed by atoms with van der Waals surface area (Å²) in [5, 5.41) is 2.74. The zero-order valence-corrected chi connectivity index (χ0v) is 10.4. The van der Waals surface area contributed by atoms with E-state index < -0.39 is 10.8 Å². The number of carbonyl (C=O) groups is 1. The molecule has 0 spiro atoms. The molecule has 0 aliphatic carbocycles. The maximum atomic E-state index is 11.7. The van der Waals surface area contributed by atoms with E-state index in [2.05, 4.69) is 15.7 Å². The maximum Gasteiger partial charge on any atom is 0.251 e. The lowest BCUT2D eigenvalue weighted by Crippen LogP contribution is -2.25. The molecule has 6 nitrogen and oxygen atoms in total. The van der Waals surface area contributed by atoms with Gasteiger partial charge in [0.15, 0.2) is 0 Å². The van der Waals surface area contributed by atoms with Crippen molar-refractivity contribution in [3.8, 4) is 0 Å². The van der Waals surface area contributed by atoms with Crippen LogP contribution in [0.1, 0.15) is 16.8 Å². The zero-order valence-electron chi connectivity index (χ0n) is 9.60. The minimum Gasteiger partial charge on any atom is -0.352 e. The first kappa shape index (κ1) is 13.6. The Bertz CT molecular complexity index is 411. The van der Waals surface area contributed by atoms with Crippen LogP contribution in [-0.4, -0.2) is 33.7 Å². The zero-order chi connectivity index (χ0) is 12.7. The molecule has 4 N–H and O–H groups in total. The van der Waals surface area contributed by atoms with E-state index in [9.17, 15) is 9.00 Å². The summed E-state index contributed by atoms with van der Waals surface area (Å²) in [6, 6.07) is 3.17. The number of anilines is 1. The van der Waals surface area contributed by atoms with Crippen molar-refractivity contribution in [3.63, 3.8) is 0 Å². The molecule has 0 saturated carbocycles. The summed E-state index contributed by atoms with van der Waals surface area (Å²) in [6.07, 6.45) is 3.84. The summed E-state index contributed by atoms with van der Waals surface area (Å²) < 4.78 is 10.8. The number of hydrazine groups is 1. The second-order valence-corrected chi connectivity index (χ2v) is 5.02. The molecule has 1 rings (SSSR count). The Morgan fingerprint density at radius 3 is 3.00 bits per heavy atom. The van der Waals surface area contributed by atoms with Crippen molar-refractivity contribution < 1.29 is 9.00 Å². The Labute approximate surface area is 102 Å². The molecule has 1 amide bonds. The van der Waals surface area contributed by atoms with Gasteiger partial charge < -0.3 is 10.7 Å². The van der Waals surface area contributed by atoms with Crippen LogP contribution in [0.4, 0.5) is 5.82 Å². The number of rotatable bonds is 6. The van der Waals surface area contributed by atoms with Crippen molar-refractivity contribution in [3.05, 3.63) is 23.9 Å². The van der Waals surface area contributed by atoms with Crippen LogP contribution in [-0.2, 0) is 10.8 Å². The molecule has 0 aliphatic rings. The van der Waals surface area contributed by atoms with Crippen molar-refractivity contribution >= 4 is 22.5 Å². The SMILES string of the molecule is CS(=O)CCCNC(=O)c1ccnc(NN)c1. The summed E-state index contributed by atoms with van der Waals surface area (Å²) in [6.45, 7) is 0.506. The summed E-state index contributed by atoms with van der Waals surface area (Å²) in [5.74, 6) is 6.03. The fraction of sp³-hybridized carbons (Fsp3) is 0.400. The summed E-state index contributed by atoms with van der Waals surface area (Å²) in [7, 11) is -0.818. The van der Waals surface area contributed by atoms with Gasteiger partial charge in [-0.15, -0.1) is 0 Å². The molecule has 94 valence electrons. The molecule has 0 fully saturated rings. The van der Waals surface area contributed by atoms with Gasteiger partial charge in [-0.2, -0.15) is 0 Å². The van der Waals surface area contributed by atoms with E-state index in [-0.39, 0.29) is 5.91 Å². The number of hydrogen-bond donors (Lipinski definition) is 3. The third-order valence-electron chi connectivity index (χ3n) is 2.06. The topological polar surface area (TPSA) is 97.1 Å². The van der Waals surface area contributed by atoms with Crippen LogP contribution in [0.2, 0.25) is 0 Å². The lowest BCUT2D eigenvalue weighted by Gasteiger charge is -2.05. The second kappa shape index (κ2) is 6.97. The fourth-order valence-electron chi connectivity index (χ4n) is 1.23. The van der Waals surface area contributed by atoms with Crippen molar-refractivity contribution in [2.75, 3.05) is 24.0 Å². The van der Waals surface area contributed by atoms with Crippen LogP contribution in [0.5, 0.6) is 0 Å². The number of aromatic nitrogens is 1. The lowest BCUT2D eigenvalue weighted by atomic mass is 10.2. The average Bonchev–Trinajstić information content (AvgIpc) is 2.34. The molecule has 0 aliphatic heterocycles. The Kier molecular flexibility index (Phi) is 5.58. The van der Waals surface area contributed by atoms with Crippen LogP contribution in [0.25, 0.3) is 0 Å². The molecule has 17 heavy (non-hydrogen) atoms. The predicted octanol–water partition coefficient (Wildman–Crippen LogP) is -0.134. The number of hydrogen-bond acceptors (Lipinski definition) is 5. The molecule has 0 bridgehead atoms. The van der Waals surface area contributed by atoms with Gasteiger partial charge in [0.1, 0.15) is 5.82 Å². The van der Waals surface area contributed by atoms with Crippen LogP contribution in [0, 0.1) is 0 Å². The fourth-order valence-corrected chi connectivity index (χ4v) is 1.78.